The summed E-state index contributed by atoms with van der Waals surface area (Å²) in [6.07, 6.45) is 1.75. The third-order valence-corrected chi connectivity index (χ3v) is 6.29. The van der Waals surface area contributed by atoms with Crippen molar-refractivity contribution in [2.45, 2.75) is 6.54 Å². The van der Waals surface area contributed by atoms with Gasteiger partial charge in [-0.3, -0.25) is 14.5 Å². The van der Waals surface area contributed by atoms with E-state index in [1.165, 1.54) is 4.90 Å². The minimum Gasteiger partial charge on any atom is -0.454 e. The van der Waals surface area contributed by atoms with Crippen LogP contribution in [0, 0.1) is 0 Å². The topological polar surface area (TPSA) is 55.8 Å². The lowest BCUT2D eigenvalue weighted by atomic mass is 10.0. The van der Waals surface area contributed by atoms with Gasteiger partial charge in [0.2, 0.25) is 6.79 Å². The molecule has 0 saturated carbocycles. The Hall–Kier alpha value is -3.22. The van der Waals surface area contributed by atoms with Gasteiger partial charge in [0.05, 0.1) is 11.4 Å². The number of carbonyl (C=O) groups excluding carboxylic acids is 2. The summed E-state index contributed by atoms with van der Waals surface area (Å²) in [6, 6.07) is 21.2. The largest absolute Gasteiger partial charge is 0.454 e. The van der Waals surface area contributed by atoms with Crippen molar-refractivity contribution in [2.24, 2.45) is 0 Å². The monoisotopic (exact) mass is 449 g/mol. The van der Waals surface area contributed by atoms with Gasteiger partial charge in [0.15, 0.2) is 11.5 Å². The molecule has 0 aliphatic carbocycles. The number of hydrogen-bond donors (Lipinski definition) is 0. The van der Waals surface area contributed by atoms with Gasteiger partial charge in [0.1, 0.15) is 0 Å². The Morgan fingerprint density at radius 1 is 0.935 bits per heavy atom. The van der Waals surface area contributed by atoms with E-state index >= 15 is 0 Å². The van der Waals surface area contributed by atoms with Crippen molar-refractivity contribution < 1.29 is 19.1 Å². The van der Waals surface area contributed by atoms with E-state index in [1.807, 2.05) is 54.6 Å². The highest BCUT2D eigenvalue weighted by atomic mass is 35.5. The number of benzene rings is 3. The average molecular weight is 450 g/mol. The molecule has 3 aromatic rings. The smallest absolute Gasteiger partial charge is 0.293 e. The van der Waals surface area contributed by atoms with Crippen LogP contribution in [0.3, 0.4) is 0 Å². The zero-order chi connectivity index (χ0) is 21.4. The molecule has 0 N–H and O–H groups in total. The summed E-state index contributed by atoms with van der Waals surface area (Å²) in [7, 11) is 0. The molecular formula is C24H16ClNO4S. The molecular weight excluding hydrogens is 434 g/mol. The van der Waals surface area contributed by atoms with Gasteiger partial charge < -0.3 is 9.47 Å². The molecule has 0 radical (unpaired) electrons. The number of imide groups is 1. The summed E-state index contributed by atoms with van der Waals surface area (Å²) in [6.45, 7) is 0.197. The van der Waals surface area contributed by atoms with Crippen LogP contribution in [0.4, 0.5) is 4.79 Å². The maximum atomic E-state index is 12.9. The molecule has 0 atom stereocenters. The van der Waals surface area contributed by atoms with Crippen LogP contribution in [0.25, 0.3) is 17.2 Å². The van der Waals surface area contributed by atoms with E-state index < -0.39 is 0 Å². The van der Waals surface area contributed by atoms with Gasteiger partial charge in [0.25, 0.3) is 11.1 Å². The lowest BCUT2D eigenvalue weighted by Crippen LogP contribution is -2.27. The summed E-state index contributed by atoms with van der Waals surface area (Å²) >= 11 is 7.25. The van der Waals surface area contributed by atoms with Crippen molar-refractivity contribution in [1.29, 1.82) is 0 Å². The fourth-order valence-electron chi connectivity index (χ4n) is 3.48. The fraction of sp³-hybridized carbons (Fsp3) is 0.0833. The Balaban J connectivity index is 1.39. The summed E-state index contributed by atoms with van der Waals surface area (Å²) in [5.41, 5.74) is 3.61. The Labute approximate surface area is 188 Å². The molecule has 0 spiro atoms. The first kappa shape index (κ1) is 19.7. The van der Waals surface area contributed by atoms with E-state index in [0.717, 1.165) is 28.5 Å². The molecule has 31 heavy (non-hydrogen) atoms. The number of rotatable bonds is 4. The van der Waals surface area contributed by atoms with Crippen LogP contribution in [0.15, 0.2) is 71.6 Å². The van der Waals surface area contributed by atoms with Gasteiger partial charge in [-0.25, -0.2) is 0 Å². The second-order valence-corrected chi connectivity index (χ2v) is 8.46. The van der Waals surface area contributed by atoms with Crippen LogP contribution >= 0.6 is 23.4 Å². The first-order valence-corrected chi connectivity index (χ1v) is 10.8. The molecule has 2 aliphatic heterocycles. The van der Waals surface area contributed by atoms with E-state index in [9.17, 15) is 9.59 Å². The highest BCUT2D eigenvalue weighted by Gasteiger charge is 2.35. The molecule has 3 aromatic carbocycles. The molecule has 1 saturated heterocycles. The van der Waals surface area contributed by atoms with Gasteiger partial charge in [-0.1, -0.05) is 60.1 Å². The third-order valence-electron chi connectivity index (χ3n) is 5.04. The second kappa shape index (κ2) is 8.13. The predicted molar refractivity (Wildman–Crippen MR) is 121 cm³/mol. The zero-order valence-electron chi connectivity index (χ0n) is 16.2. The quantitative estimate of drug-likeness (QED) is 0.459. The molecule has 0 aromatic heterocycles. The Bertz CT molecular complexity index is 1230. The summed E-state index contributed by atoms with van der Waals surface area (Å²) in [5.74, 6) is 0.773. The molecule has 1 fully saturated rings. The van der Waals surface area contributed by atoms with Gasteiger partial charge in [-0.15, -0.1) is 0 Å². The lowest BCUT2D eigenvalue weighted by Gasteiger charge is -2.14. The number of ether oxygens (including phenoxy) is 2. The summed E-state index contributed by atoms with van der Waals surface area (Å²) in [4.78, 5) is 27.1. The van der Waals surface area contributed by atoms with Gasteiger partial charge >= 0.3 is 0 Å². The lowest BCUT2D eigenvalue weighted by molar-refractivity contribution is -0.123. The van der Waals surface area contributed by atoms with E-state index in [4.69, 9.17) is 21.1 Å². The molecule has 2 heterocycles. The molecule has 2 amide bonds. The average Bonchev–Trinajstić information content (AvgIpc) is 3.34. The Morgan fingerprint density at radius 3 is 2.48 bits per heavy atom. The molecule has 0 unspecified atom stereocenters. The van der Waals surface area contributed by atoms with Gasteiger partial charge in [0, 0.05) is 11.1 Å². The molecule has 7 heteroatoms. The van der Waals surface area contributed by atoms with Crippen LogP contribution in [0.2, 0.25) is 5.02 Å². The number of carbonyl (C=O) groups is 2. The molecule has 5 nitrogen and oxygen atoms in total. The van der Waals surface area contributed by atoms with Crippen molar-refractivity contribution in [3.63, 3.8) is 0 Å². The van der Waals surface area contributed by atoms with Crippen molar-refractivity contribution in [3.05, 3.63) is 87.8 Å². The van der Waals surface area contributed by atoms with Gasteiger partial charge in [-0.2, -0.15) is 0 Å². The van der Waals surface area contributed by atoms with Crippen molar-refractivity contribution in [3.8, 4) is 22.6 Å². The van der Waals surface area contributed by atoms with E-state index in [0.29, 0.717) is 27.0 Å². The minimum absolute atomic E-state index is 0.0710. The normalized spacial score (nSPS) is 16.4. The fourth-order valence-corrected chi connectivity index (χ4v) is 4.53. The first-order valence-electron chi connectivity index (χ1n) is 9.57. The molecule has 2 aliphatic rings. The van der Waals surface area contributed by atoms with E-state index in [-0.39, 0.29) is 24.5 Å². The van der Waals surface area contributed by atoms with E-state index in [1.54, 1.807) is 18.2 Å². The second-order valence-electron chi connectivity index (χ2n) is 7.06. The highest BCUT2D eigenvalue weighted by Crippen LogP contribution is 2.39. The minimum atomic E-state index is -0.339. The van der Waals surface area contributed by atoms with Crippen molar-refractivity contribution >= 4 is 40.6 Å². The first-order chi connectivity index (χ1) is 15.1. The third kappa shape index (κ3) is 3.92. The number of hydrogen-bond acceptors (Lipinski definition) is 5. The maximum Gasteiger partial charge on any atom is 0.293 e. The van der Waals surface area contributed by atoms with Crippen molar-refractivity contribution in [2.75, 3.05) is 6.79 Å². The standard InChI is InChI=1S/C24H16ClNO4S/c25-19-12-21-20(29-14-30-21)11-18(19)13-26-23(27)22(31-24(26)28)10-15-5-4-8-17(9-15)16-6-2-1-3-7-16/h1-12H,13-14H2/b22-10-. The number of fused-ring (bicyclic) bond motifs is 1. The summed E-state index contributed by atoms with van der Waals surface area (Å²) < 4.78 is 10.7. The SMILES string of the molecule is O=C1S/C(=C\c2cccc(-c3ccccc3)c2)C(=O)N1Cc1cc2c(cc1Cl)OCO2. The van der Waals surface area contributed by atoms with Gasteiger partial charge in [-0.05, 0) is 52.2 Å². The van der Waals surface area contributed by atoms with Crippen LogP contribution in [-0.4, -0.2) is 22.8 Å². The Morgan fingerprint density at radius 2 is 1.68 bits per heavy atom. The zero-order valence-corrected chi connectivity index (χ0v) is 17.8. The highest BCUT2D eigenvalue weighted by molar-refractivity contribution is 8.18. The summed E-state index contributed by atoms with van der Waals surface area (Å²) in [5, 5.41) is 0.0899. The van der Waals surface area contributed by atoms with Crippen LogP contribution < -0.4 is 9.47 Å². The number of amides is 2. The number of nitrogens with zero attached hydrogens (tertiary/aromatic N) is 1. The van der Waals surface area contributed by atoms with Crippen LogP contribution in [-0.2, 0) is 11.3 Å². The molecule has 5 rings (SSSR count). The van der Waals surface area contributed by atoms with Crippen molar-refractivity contribution in [1.82, 2.24) is 4.90 Å². The van der Waals surface area contributed by atoms with Crippen LogP contribution in [0.1, 0.15) is 11.1 Å². The molecule has 154 valence electrons. The van der Waals surface area contributed by atoms with Crippen LogP contribution in [0.5, 0.6) is 11.5 Å². The van der Waals surface area contributed by atoms with E-state index in [2.05, 4.69) is 0 Å². The number of halogens is 1. The predicted octanol–water partition coefficient (Wildman–Crippen LogP) is 5.97. The molecule has 0 bridgehead atoms. The maximum absolute atomic E-state index is 12.9. The number of thioether (sulfide) groups is 1. The Kier molecular flexibility index (Phi) is 5.18.